The molecule has 1 aliphatic carbocycles. The van der Waals surface area contributed by atoms with Crippen molar-refractivity contribution < 1.29 is 19.1 Å². The highest BCUT2D eigenvalue weighted by molar-refractivity contribution is 6.18. The van der Waals surface area contributed by atoms with Crippen molar-refractivity contribution in [1.29, 1.82) is 0 Å². The predicted molar refractivity (Wildman–Crippen MR) is 82.2 cm³/mol. The van der Waals surface area contributed by atoms with Crippen molar-refractivity contribution in [2.75, 3.05) is 19.1 Å². The van der Waals surface area contributed by atoms with Crippen LogP contribution in [0.15, 0.2) is 0 Å². The van der Waals surface area contributed by atoms with Crippen LogP contribution in [0.5, 0.6) is 0 Å². The number of esters is 2. The summed E-state index contributed by atoms with van der Waals surface area (Å²) < 4.78 is 10.4. The van der Waals surface area contributed by atoms with E-state index in [4.69, 9.17) is 21.1 Å². The zero-order valence-electron chi connectivity index (χ0n) is 12.9. The first-order valence-corrected chi connectivity index (χ1v) is 8.63. The zero-order valence-corrected chi connectivity index (χ0v) is 13.7. The van der Waals surface area contributed by atoms with Crippen molar-refractivity contribution in [2.24, 2.45) is 11.8 Å². The van der Waals surface area contributed by atoms with E-state index < -0.39 is 0 Å². The molecule has 4 nitrogen and oxygen atoms in total. The van der Waals surface area contributed by atoms with Crippen LogP contribution in [0, 0.1) is 11.8 Å². The van der Waals surface area contributed by atoms with E-state index in [0.717, 1.165) is 38.5 Å². The number of hydrogen-bond donors (Lipinski definition) is 0. The summed E-state index contributed by atoms with van der Waals surface area (Å²) in [5.41, 5.74) is 0. The van der Waals surface area contributed by atoms with E-state index in [1.54, 1.807) is 0 Å². The predicted octanol–water partition coefficient (Wildman–Crippen LogP) is 3.70. The second kappa shape index (κ2) is 10.9. The largest absolute Gasteiger partial charge is 0.465 e. The normalized spacial score (nSPS) is 21.8. The Hall–Kier alpha value is -0.770. The molecule has 0 spiro atoms. The quantitative estimate of drug-likeness (QED) is 0.369. The summed E-state index contributed by atoms with van der Waals surface area (Å²) in [6, 6.07) is 0. The molecule has 0 bridgehead atoms. The Morgan fingerprint density at radius 1 is 0.952 bits per heavy atom. The Morgan fingerprint density at radius 3 is 2.05 bits per heavy atom. The molecule has 21 heavy (non-hydrogen) atoms. The monoisotopic (exact) mass is 318 g/mol. The van der Waals surface area contributed by atoms with E-state index in [1.807, 2.05) is 0 Å². The fourth-order valence-electron chi connectivity index (χ4n) is 2.75. The van der Waals surface area contributed by atoms with Crippen LogP contribution in [-0.2, 0) is 19.1 Å². The molecule has 1 fully saturated rings. The van der Waals surface area contributed by atoms with Gasteiger partial charge >= 0.3 is 11.9 Å². The Labute approximate surface area is 132 Å². The molecule has 2 unspecified atom stereocenters. The molecule has 1 rings (SSSR count). The minimum Gasteiger partial charge on any atom is -0.465 e. The maximum Gasteiger partial charge on any atom is 0.309 e. The van der Waals surface area contributed by atoms with E-state index in [1.165, 1.54) is 0 Å². The molecule has 0 N–H and O–H groups in total. The number of carbonyl (C=O) groups excluding carboxylic acids is 2. The third-order valence-electron chi connectivity index (χ3n) is 3.94. The van der Waals surface area contributed by atoms with Gasteiger partial charge in [0.25, 0.3) is 0 Å². The van der Waals surface area contributed by atoms with Crippen molar-refractivity contribution in [3.8, 4) is 0 Å². The summed E-state index contributed by atoms with van der Waals surface area (Å²) in [6.45, 7) is 2.81. The van der Waals surface area contributed by atoms with Gasteiger partial charge < -0.3 is 9.47 Å². The molecule has 5 heteroatoms. The van der Waals surface area contributed by atoms with Crippen LogP contribution >= 0.6 is 11.6 Å². The standard InChI is InChI=1S/C16H27ClO4/c1-2-3-4-7-11-20-15(18)13-8-5-6-9-14(13)16(19)21-12-10-17/h13-14H,2-12H2,1H3. The van der Waals surface area contributed by atoms with Crippen LogP contribution in [-0.4, -0.2) is 31.0 Å². The number of rotatable bonds is 9. The zero-order chi connectivity index (χ0) is 15.5. The van der Waals surface area contributed by atoms with Crippen LogP contribution in [0.3, 0.4) is 0 Å². The third kappa shape index (κ3) is 6.68. The highest BCUT2D eigenvalue weighted by atomic mass is 35.5. The van der Waals surface area contributed by atoms with Crippen molar-refractivity contribution in [3.05, 3.63) is 0 Å². The molecule has 2 atom stereocenters. The molecule has 0 aliphatic heterocycles. The summed E-state index contributed by atoms with van der Waals surface area (Å²) in [5.74, 6) is -0.953. The Kier molecular flexibility index (Phi) is 9.48. The van der Waals surface area contributed by atoms with Gasteiger partial charge in [0, 0.05) is 0 Å². The molecule has 0 aromatic rings. The topological polar surface area (TPSA) is 52.6 Å². The van der Waals surface area contributed by atoms with Gasteiger partial charge in [-0.05, 0) is 19.3 Å². The first kappa shape index (κ1) is 18.3. The lowest BCUT2D eigenvalue weighted by atomic mass is 9.79. The van der Waals surface area contributed by atoms with Gasteiger partial charge in [0.05, 0.1) is 24.3 Å². The first-order valence-electron chi connectivity index (χ1n) is 8.10. The summed E-state index contributed by atoms with van der Waals surface area (Å²) in [7, 11) is 0. The molecule has 122 valence electrons. The van der Waals surface area contributed by atoms with Gasteiger partial charge in [0.2, 0.25) is 0 Å². The Balaban J connectivity index is 2.40. The lowest BCUT2D eigenvalue weighted by Gasteiger charge is -2.28. The van der Waals surface area contributed by atoms with E-state index >= 15 is 0 Å². The van der Waals surface area contributed by atoms with Gasteiger partial charge in [0.1, 0.15) is 6.61 Å². The summed E-state index contributed by atoms with van der Waals surface area (Å²) >= 11 is 5.52. The molecule has 0 aromatic carbocycles. The number of unbranched alkanes of at least 4 members (excludes halogenated alkanes) is 3. The van der Waals surface area contributed by atoms with Crippen LogP contribution < -0.4 is 0 Å². The Morgan fingerprint density at radius 2 is 1.52 bits per heavy atom. The number of hydrogen-bond acceptors (Lipinski definition) is 4. The van der Waals surface area contributed by atoms with Crippen LogP contribution in [0.25, 0.3) is 0 Å². The number of alkyl halides is 1. The first-order chi connectivity index (χ1) is 10.2. The number of carbonyl (C=O) groups is 2. The van der Waals surface area contributed by atoms with E-state index in [0.29, 0.717) is 19.4 Å². The fraction of sp³-hybridized carbons (Fsp3) is 0.875. The molecular formula is C16H27ClO4. The van der Waals surface area contributed by atoms with Gasteiger partial charge in [-0.25, -0.2) is 0 Å². The molecule has 1 aliphatic rings. The van der Waals surface area contributed by atoms with E-state index in [2.05, 4.69) is 6.92 Å². The van der Waals surface area contributed by atoms with E-state index in [9.17, 15) is 9.59 Å². The number of ether oxygens (including phenoxy) is 2. The minimum atomic E-state index is -0.356. The SMILES string of the molecule is CCCCCCOC(=O)C1CCCCC1C(=O)OCCCl. The second-order valence-corrected chi connectivity index (χ2v) is 5.96. The van der Waals surface area contributed by atoms with Gasteiger partial charge in [-0.3, -0.25) is 9.59 Å². The van der Waals surface area contributed by atoms with Crippen LogP contribution in [0.2, 0.25) is 0 Å². The molecule has 1 saturated carbocycles. The van der Waals surface area contributed by atoms with Gasteiger partial charge in [-0.1, -0.05) is 39.0 Å². The van der Waals surface area contributed by atoms with Crippen LogP contribution in [0.4, 0.5) is 0 Å². The van der Waals surface area contributed by atoms with Crippen molar-refractivity contribution in [3.63, 3.8) is 0 Å². The van der Waals surface area contributed by atoms with Crippen LogP contribution in [0.1, 0.15) is 58.3 Å². The Bertz CT molecular complexity index is 319. The van der Waals surface area contributed by atoms with Gasteiger partial charge in [-0.15, -0.1) is 11.6 Å². The van der Waals surface area contributed by atoms with E-state index in [-0.39, 0.29) is 36.3 Å². The fourth-order valence-corrected chi connectivity index (χ4v) is 2.83. The lowest BCUT2D eigenvalue weighted by Crippen LogP contribution is -2.35. The smallest absolute Gasteiger partial charge is 0.309 e. The summed E-state index contributed by atoms with van der Waals surface area (Å²) in [5, 5.41) is 0. The molecule has 0 aromatic heterocycles. The van der Waals surface area contributed by atoms with Gasteiger partial charge in [-0.2, -0.15) is 0 Å². The average Bonchev–Trinajstić information content (AvgIpc) is 2.52. The minimum absolute atomic E-state index is 0.204. The molecule has 0 amide bonds. The average molecular weight is 319 g/mol. The maximum absolute atomic E-state index is 12.2. The number of halogens is 1. The molecule has 0 heterocycles. The molecular weight excluding hydrogens is 292 g/mol. The highest BCUT2D eigenvalue weighted by Gasteiger charge is 2.37. The van der Waals surface area contributed by atoms with Gasteiger partial charge in [0.15, 0.2) is 0 Å². The van der Waals surface area contributed by atoms with Crippen molar-refractivity contribution in [2.45, 2.75) is 58.3 Å². The van der Waals surface area contributed by atoms with Crippen molar-refractivity contribution in [1.82, 2.24) is 0 Å². The highest BCUT2D eigenvalue weighted by Crippen LogP contribution is 2.32. The molecule has 0 saturated heterocycles. The van der Waals surface area contributed by atoms with Crippen molar-refractivity contribution >= 4 is 23.5 Å². The second-order valence-electron chi connectivity index (χ2n) is 5.58. The summed E-state index contributed by atoms with van der Waals surface area (Å²) in [4.78, 5) is 24.2. The maximum atomic E-state index is 12.2. The lowest BCUT2D eigenvalue weighted by molar-refractivity contribution is -0.162. The molecule has 0 radical (unpaired) electrons. The summed E-state index contributed by atoms with van der Waals surface area (Å²) in [6.07, 6.45) is 7.64. The third-order valence-corrected chi connectivity index (χ3v) is 4.09.